The summed E-state index contributed by atoms with van der Waals surface area (Å²) in [7, 11) is 0. The summed E-state index contributed by atoms with van der Waals surface area (Å²) in [5.41, 5.74) is 7.15. The third-order valence-electron chi connectivity index (χ3n) is 4.68. The standard InChI is InChI=1S/C19H19FN4O2S/c20-13-3-1-12(2-4-13)15-9-27-19-17(15)18(23-10-24-19)22-7-14-5-11(8-26-14)6-16(21)25/h1-4,9-11,14H,5-8H2,(H2,21,25)(H,22,23,24). The Hall–Kier alpha value is -2.58. The number of carbonyl (C=O) groups excluding carboxylic acids is 1. The molecule has 6 nitrogen and oxygen atoms in total. The van der Waals surface area contributed by atoms with Crippen molar-refractivity contribution >= 4 is 33.3 Å². The molecule has 8 heteroatoms. The number of nitrogens with zero attached hydrogens (tertiary/aromatic N) is 2. The average molecular weight is 386 g/mol. The summed E-state index contributed by atoms with van der Waals surface area (Å²) in [5, 5.41) is 6.28. The van der Waals surface area contributed by atoms with E-state index in [9.17, 15) is 9.18 Å². The first-order chi connectivity index (χ1) is 13.1. The number of nitrogens with one attached hydrogen (secondary N) is 1. The Morgan fingerprint density at radius 2 is 2.15 bits per heavy atom. The lowest BCUT2D eigenvalue weighted by Crippen LogP contribution is -2.20. The van der Waals surface area contributed by atoms with E-state index >= 15 is 0 Å². The van der Waals surface area contributed by atoms with Crippen LogP contribution >= 0.6 is 11.3 Å². The number of hydrogen-bond donors (Lipinski definition) is 2. The van der Waals surface area contributed by atoms with Crippen molar-refractivity contribution in [3.8, 4) is 11.1 Å². The van der Waals surface area contributed by atoms with Crippen LogP contribution in [0.3, 0.4) is 0 Å². The maximum Gasteiger partial charge on any atom is 0.217 e. The van der Waals surface area contributed by atoms with Gasteiger partial charge in [0, 0.05) is 23.9 Å². The van der Waals surface area contributed by atoms with Crippen molar-refractivity contribution in [2.45, 2.75) is 18.9 Å². The zero-order valence-corrected chi connectivity index (χ0v) is 15.3. The summed E-state index contributed by atoms with van der Waals surface area (Å²) in [6, 6.07) is 6.40. The summed E-state index contributed by atoms with van der Waals surface area (Å²) in [6.45, 7) is 1.13. The molecule has 0 aliphatic carbocycles. The van der Waals surface area contributed by atoms with Gasteiger partial charge >= 0.3 is 0 Å². The fraction of sp³-hybridized carbons (Fsp3) is 0.316. The van der Waals surface area contributed by atoms with E-state index in [4.69, 9.17) is 10.5 Å². The number of amides is 1. The number of thiophene rings is 1. The fourth-order valence-corrected chi connectivity index (χ4v) is 4.33. The lowest BCUT2D eigenvalue weighted by atomic mass is 10.0. The average Bonchev–Trinajstić information content (AvgIpc) is 3.27. The number of halogens is 1. The molecule has 1 amide bonds. The van der Waals surface area contributed by atoms with Crippen molar-refractivity contribution in [3.63, 3.8) is 0 Å². The second-order valence-corrected chi connectivity index (χ2v) is 7.53. The highest BCUT2D eigenvalue weighted by Crippen LogP contribution is 2.36. The van der Waals surface area contributed by atoms with E-state index in [-0.39, 0.29) is 23.7 Å². The summed E-state index contributed by atoms with van der Waals surface area (Å²) in [4.78, 5) is 20.7. The van der Waals surface area contributed by atoms with Crippen LogP contribution in [0.25, 0.3) is 21.3 Å². The molecule has 3 N–H and O–H groups in total. The Labute approximate surface area is 159 Å². The van der Waals surface area contributed by atoms with Crippen LogP contribution in [0.1, 0.15) is 12.8 Å². The minimum absolute atomic E-state index is 0.00673. The zero-order chi connectivity index (χ0) is 18.8. The first kappa shape index (κ1) is 17.8. The molecule has 27 heavy (non-hydrogen) atoms. The first-order valence-corrected chi connectivity index (χ1v) is 9.60. The number of primary amides is 1. The molecule has 1 aromatic carbocycles. The molecule has 0 bridgehead atoms. The van der Waals surface area contributed by atoms with Crippen LogP contribution in [0.5, 0.6) is 0 Å². The van der Waals surface area contributed by atoms with Crippen molar-refractivity contribution in [2.24, 2.45) is 11.7 Å². The molecule has 2 atom stereocenters. The van der Waals surface area contributed by atoms with Crippen LogP contribution < -0.4 is 11.1 Å². The Morgan fingerprint density at radius 1 is 1.33 bits per heavy atom. The molecule has 3 heterocycles. The highest BCUT2D eigenvalue weighted by atomic mass is 32.1. The molecular formula is C19H19FN4O2S. The van der Waals surface area contributed by atoms with Gasteiger partial charge in [-0.2, -0.15) is 0 Å². The Bertz CT molecular complexity index is 960. The quantitative estimate of drug-likeness (QED) is 0.679. The molecule has 0 radical (unpaired) electrons. The predicted octanol–water partition coefficient (Wildman–Crippen LogP) is 3.19. The minimum atomic E-state index is -0.295. The van der Waals surface area contributed by atoms with Gasteiger partial charge in [-0.05, 0) is 30.0 Å². The number of nitrogens with two attached hydrogens (primary N) is 1. The number of hydrogen-bond acceptors (Lipinski definition) is 6. The van der Waals surface area contributed by atoms with Gasteiger partial charge in [0.25, 0.3) is 0 Å². The van der Waals surface area contributed by atoms with Gasteiger partial charge in [-0.25, -0.2) is 14.4 Å². The normalized spacial score (nSPS) is 19.4. The largest absolute Gasteiger partial charge is 0.376 e. The molecule has 3 aromatic rings. The maximum absolute atomic E-state index is 13.2. The van der Waals surface area contributed by atoms with Crippen molar-refractivity contribution < 1.29 is 13.9 Å². The molecule has 140 valence electrons. The van der Waals surface area contributed by atoms with Crippen LogP contribution in [0, 0.1) is 11.7 Å². The van der Waals surface area contributed by atoms with E-state index in [0.717, 1.165) is 33.6 Å². The van der Waals surface area contributed by atoms with Crippen molar-refractivity contribution in [2.75, 3.05) is 18.5 Å². The van der Waals surface area contributed by atoms with Gasteiger partial charge in [0.05, 0.1) is 18.1 Å². The summed E-state index contributed by atoms with van der Waals surface area (Å²) >= 11 is 1.52. The highest BCUT2D eigenvalue weighted by Gasteiger charge is 2.27. The number of ether oxygens (including phenoxy) is 1. The Kier molecular flexibility index (Phi) is 5.00. The van der Waals surface area contributed by atoms with E-state index in [2.05, 4.69) is 15.3 Å². The van der Waals surface area contributed by atoms with Gasteiger partial charge in [0.1, 0.15) is 22.8 Å². The zero-order valence-electron chi connectivity index (χ0n) is 14.5. The highest BCUT2D eigenvalue weighted by molar-refractivity contribution is 7.17. The number of aromatic nitrogens is 2. The van der Waals surface area contributed by atoms with Crippen LogP contribution in [-0.4, -0.2) is 35.1 Å². The SMILES string of the molecule is NC(=O)CC1COC(CNc2ncnc3scc(-c4ccc(F)cc4)c23)C1. The lowest BCUT2D eigenvalue weighted by molar-refractivity contribution is -0.118. The van der Waals surface area contributed by atoms with E-state index in [1.807, 2.05) is 5.38 Å². The second kappa shape index (κ2) is 7.58. The Morgan fingerprint density at radius 3 is 2.93 bits per heavy atom. The molecule has 2 aromatic heterocycles. The van der Waals surface area contributed by atoms with Gasteiger partial charge in [-0.15, -0.1) is 11.3 Å². The third-order valence-corrected chi connectivity index (χ3v) is 5.56. The van der Waals surface area contributed by atoms with Crippen molar-refractivity contribution in [3.05, 3.63) is 41.8 Å². The molecule has 1 saturated heterocycles. The van der Waals surface area contributed by atoms with Crippen LogP contribution in [0.2, 0.25) is 0 Å². The number of anilines is 1. The number of carbonyl (C=O) groups is 1. The topological polar surface area (TPSA) is 90.1 Å². The summed E-state index contributed by atoms with van der Waals surface area (Å²) in [5.74, 6) is 0.340. The Balaban J connectivity index is 1.53. The van der Waals surface area contributed by atoms with Gasteiger partial charge < -0.3 is 15.8 Å². The number of rotatable bonds is 6. The minimum Gasteiger partial charge on any atom is -0.376 e. The van der Waals surface area contributed by atoms with Gasteiger partial charge in [0.2, 0.25) is 5.91 Å². The second-order valence-electron chi connectivity index (χ2n) is 6.67. The summed E-state index contributed by atoms with van der Waals surface area (Å²) < 4.78 is 19.0. The van der Waals surface area contributed by atoms with Gasteiger partial charge in [0.15, 0.2) is 0 Å². The predicted molar refractivity (Wildman–Crippen MR) is 103 cm³/mol. The van der Waals surface area contributed by atoms with Crippen LogP contribution in [0.15, 0.2) is 36.0 Å². The first-order valence-electron chi connectivity index (χ1n) is 8.72. The maximum atomic E-state index is 13.2. The molecule has 0 saturated carbocycles. The molecular weight excluding hydrogens is 367 g/mol. The van der Waals surface area contributed by atoms with Gasteiger partial charge in [-0.1, -0.05) is 12.1 Å². The van der Waals surface area contributed by atoms with E-state index in [1.54, 1.807) is 12.1 Å². The number of fused-ring (bicyclic) bond motifs is 1. The molecule has 2 unspecified atom stereocenters. The monoisotopic (exact) mass is 386 g/mol. The van der Waals surface area contributed by atoms with Crippen molar-refractivity contribution in [1.82, 2.24) is 9.97 Å². The molecule has 0 spiro atoms. The third kappa shape index (κ3) is 3.91. The van der Waals surface area contributed by atoms with E-state index in [0.29, 0.717) is 19.6 Å². The number of benzene rings is 1. The molecule has 4 rings (SSSR count). The fourth-order valence-electron chi connectivity index (χ4n) is 3.41. The van der Waals surface area contributed by atoms with Crippen LogP contribution in [-0.2, 0) is 9.53 Å². The van der Waals surface area contributed by atoms with E-state index in [1.165, 1.54) is 29.8 Å². The van der Waals surface area contributed by atoms with E-state index < -0.39 is 0 Å². The lowest BCUT2D eigenvalue weighted by Gasteiger charge is -2.13. The van der Waals surface area contributed by atoms with Gasteiger partial charge in [-0.3, -0.25) is 4.79 Å². The van der Waals surface area contributed by atoms with Crippen molar-refractivity contribution in [1.29, 1.82) is 0 Å². The molecule has 1 fully saturated rings. The van der Waals surface area contributed by atoms with Crippen LogP contribution in [0.4, 0.5) is 10.2 Å². The molecule has 1 aliphatic rings. The molecule has 1 aliphatic heterocycles. The summed E-state index contributed by atoms with van der Waals surface area (Å²) in [6.07, 6.45) is 2.68. The smallest absolute Gasteiger partial charge is 0.217 e.